The van der Waals surface area contributed by atoms with Crippen molar-refractivity contribution < 1.29 is 9.90 Å². The van der Waals surface area contributed by atoms with Crippen LogP contribution in [0.2, 0.25) is 0 Å². The van der Waals surface area contributed by atoms with Gasteiger partial charge in [-0.05, 0) is 69.1 Å². The Hall–Kier alpha value is -1.41. The van der Waals surface area contributed by atoms with Gasteiger partial charge in [0.1, 0.15) is 12.6 Å². The number of hydrogen-bond donors (Lipinski definition) is 1. The van der Waals surface area contributed by atoms with Crippen molar-refractivity contribution in [2.45, 2.75) is 82.3 Å². The smallest absolute Gasteiger partial charge is 0.245 e. The molecule has 0 aromatic heterocycles. The van der Waals surface area contributed by atoms with Crippen molar-refractivity contribution in [1.82, 2.24) is 4.90 Å². The zero-order valence-electron chi connectivity index (χ0n) is 15.7. The first-order valence-corrected chi connectivity index (χ1v) is 10.5. The van der Waals surface area contributed by atoms with Gasteiger partial charge in [-0.2, -0.15) is 5.26 Å². The number of likely N-dealkylation sites (tertiary alicyclic amines) is 1. The number of aliphatic imine (C=N–C) groups is 1. The normalized spacial score (nSPS) is 39.3. The monoisotopic (exact) mass is 357 g/mol. The van der Waals surface area contributed by atoms with Crippen molar-refractivity contribution in [3.8, 4) is 6.07 Å². The minimum absolute atomic E-state index is 0.00248. The molecule has 1 amide bonds. The van der Waals surface area contributed by atoms with Crippen molar-refractivity contribution in [3.05, 3.63) is 0 Å². The Morgan fingerprint density at radius 1 is 1.15 bits per heavy atom. The van der Waals surface area contributed by atoms with Crippen molar-refractivity contribution in [2.75, 3.05) is 13.1 Å². The Morgan fingerprint density at radius 2 is 1.85 bits per heavy atom. The third-order valence-corrected chi connectivity index (χ3v) is 7.42. The fourth-order valence-electron chi connectivity index (χ4n) is 6.06. The molecule has 0 spiro atoms. The summed E-state index contributed by atoms with van der Waals surface area (Å²) >= 11 is 0. The molecule has 1 N–H and O–H groups in total. The van der Waals surface area contributed by atoms with Gasteiger partial charge in [0.15, 0.2) is 0 Å². The van der Waals surface area contributed by atoms with Crippen LogP contribution in [0.25, 0.3) is 0 Å². The molecule has 0 radical (unpaired) electrons. The molecule has 4 aliphatic rings. The van der Waals surface area contributed by atoms with E-state index in [0.29, 0.717) is 24.3 Å². The van der Waals surface area contributed by atoms with E-state index in [4.69, 9.17) is 5.26 Å². The van der Waals surface area contributed by atoms with Gasteiger partial charge in [0.05, 0.1) is 11.7 Å². The van der Waals surface area contributed by atoms with Gasteiger partial charge in [-0.3, -0.25) is 9.79 Å². The van der Waals surface area contributed by atoms with Crippen LogP contribution in [0.4, 0.5) is 0 Å². The van der Waals surface area contributed by atoms with Crippen LogP contribution in [0.1, 0.15) is 70.6 Å². The Bertz CT molecular complexity index is 601. The highest BCUT2D eigenvalue weighted by Gasteiger charge is 2.51. The highest BCUT2D eigenvalue weighted by Crippen LogP contribution is 2.52. The molecule has 0 aromatic carbocycles. The number of fused-ring (bicyclic) bond motifs is 1. The minimum Gasteiger partial charge on any atom is -0.390 e. The summed E-state index contributed by atoms with van der Waals surface area (Å²) in [5.41, 5.74) is 0.721. The van der Waals surface area contributed by atoms with E-state index in [1.165, 1.54) is 32.1 Å². The second kappa shape index (κ2) is 7.31. The first-order chi connectivity index (χ1) is 12.6. The molecule has 4 rings (SSSR count). The van der Waals surface area contributed by atoms with Crippen molar-refractivity contribution in [2.24, 2.45) is 22.7 Å². The SMILES string of the molecule is N#C[C@@H]1CCCN1C(=O)CN=C1C[C@@H]2CC(O)(C3CCCCC3)C[C@@H]2C1. The lowest BCUT2D eigenvalue weighted by Crippen LogP contribution is -2.37. The van der Waals surface area contributed by atoms with Crippen LogP contribution >= 0.6 is 0 Å². The Labute approximate surface area is 156 Å². The van der Waals surface area contributed by atoms with Crippen LogP contribution in [-0.2, 0) is 4.79 Å². The van der Waals surface area contributed by atoms with Gasteiger partial charge in [-0.15, -0.1) is 0 Å². The molecular formula is C21H31N3O2. The molecule has 1 heterocycles. The second-order valence-electron chi connectivity index (χ2n) is 9.03. The number of nitrogens with zero attached hydrogens (tertiary/aromatic N) is 3. The lowest BCUT2D eigenvalue weighted by atomic mass is 9.75. The maximum absolute atomic E-state index is 12.4. The summed E-state index contributed by atoms with van der Waals surface area (Å²) in [6.45, 7) is 0.890. The predicted molar refractivity (Wildman–Crippen MR) is 99.6 cm³/mol. The number of carbonyl (C=O) groups is 1. The summed E-state index contributed by atoms with van der Waals surface area (Å²) < 4.78 is 0. The van der Waals surface area contributed by atoms with Gasteiger partial charge in [0, 0.05) is 12.3 Å². The molecule has 142 valence electrons. The number of nitriles is 1. The number of aliphatic hydroxyl groups is 1. The summed E-state index contributed by atoms with van der Waals surface area (Å²) in [6, 6.07) is 1.97. The minimum atomic E-state index is -0.438. The molecule has 0 aromatic rings. The number of amides is 1. The molecule has 1 saturated heterocycles. The third kappa shape index (κ3) is 3.41. The second-order valence-corrected chi connectivity index (χ2v) is 9.03. The molecule has 26 heavy (non-hydrogen) atoms. The van der Waals surface area contributed by atoms with Gasteiger partial charge in [0.25, 0.3) is 0 Å². The van der Waals surface area contributed by atoms with Gasteiger partial charge in [0.2, 0.25) is 5.91 Å². The van der Waals surface area contributed by atoms with Crippen molar-refractivity contribution >= 4 is 11.6 Å². The standard InChI is InChI=1S/C21H31N3O2/c22-13-19-7-4-8-24(19)20(25)14-23-18-9-15-11-21(26,12-16(15)10-18)17-5-2-1-3-6-17/h15-17,19,26H,1-12,14H2/t15-,16+,19-,21?/m0/s1. The molecule has 3 aliphatic carbocycles. The molecule has 5 heteroatoms. The average Bonchev–Trinajstić information content (AvgIpc) is 3.33. The van der Waals surface area contributed by atoms with Gasteiger partial charge in [-0.25, -0.2) is 0 Å². The molecule has 1 unspecified atom stereocenters. The topological polar surface area (TPSA) is 76.7 Å². The van der Waals surface area contributed by atoms with E-state index in [1.54, 1.807) is 4.90 Å². The summed E-state index contributed by atoms with van der Waals surface area (Å²) in [5, 5.41) is 20.3. The lowest BCUT2D eigenvalue weighted by Gasteiger charge is -2.36. The number of rotatable bonds is 3. The fraction of sp³-hybridized carbons (Fsp3) is 0.857. The Morgan fingerprint density at radius 3 is 2.50 bits per heavy atom. The van der Waals surface area contributed by atoms with Crippen LogP contribution in [0, 0.1) is 29.1 Å². The third-order valence-electron chi connectivity index (χ3n) is 7.42. The van der Waals surface area contributed by atoms with Gasteiger partial charge < -0.3 is 10.0 Å². The van der Waals surface area contributed by atoms with E-state index in [-0.39, 0.29) is 18.5 Å². The van der Waals surface area contributed by atoms with Gasteiger partial charge in [-0.1, -0.05) is 19.3 Å². The predicted octanol–water partition coefficient (Wildman–Crippen LogP) is 3.07. The first-order valence-electron chi connectivity index (χ1n) is 10.5. The van der Waals surface area contributed by atoms with Crippen molar-refractivity contribution in [3.63, 3.8) is 0 Å². The summed E-state index contributed by atoms with van der Waals surface area (Å²) in [7, 11) is 0. The summed E-state index contributed by atoms with van der Waals surface area (Å²) in [5.74, 6) is 1.60. The summed E-state index contributed by atoms with van der Waals surface area (Å²) in [6.07, 6.45) is 11.7. The zero-order valence-corrected chi connectivity index (χ0v) is 15.7. The Balaban J connectivity index is 1.31. The quantitative estimate of drug-likeness (QED) is 0.843. The molecule has 3 saturated carbocycles. The highest BCUT2D eigenvalue weighted by atomic mass is 16.3. The van der Waals surface area contributed by atoms with Crippen molar-refractivity contribution in [1.29, 1.82) is 5.26 Å². The maximum Gasteiger partial charge on any atom is 0.245 e. The zero-order chi connectivity index (χ0) is 18.1. The molecule has 4 fully saturated rings. The average molecular weight is 357 g/mol. The van der Waals surface area contributed by atoms with Crippen LogP contribution in [-0.4, -0.2) is 46.4 Å². The van der Waals surface area contributed by atoms with Crippen LogP contribution in [0.5, 0.6) is 0 Å². The molecule has 5 nitrogen and oxygen atoms in total. The highest BCUT2D eigenvalue weighted by molar-refractivity contribution is 5.90. The fourth-order valence-corrected chi connectivity index (χ4v) is 6.06. The van der Waals surface area contributed by atoms with E-state index in [2.05, 4.69) is 11.1 Å². The largest absolute Gasteiger partial charge is 0.390 e. The van der Waals surface area contributed by atoms with Crippen LogP contribution in [0.3, 0.4) is 0 Å². The van der Waals surface area contributed by atoms with Gasteiger partial charge >= 0.3 is 0 Å². The summed E-state index contributed by atoms with van der Waals surface area (Å²) in [4.78, 5) is 18.7. The van der Waals surface area contributed by atoms with Crippen LogP contribution < -0.4 is 0 Å². The molecule has 0 bridgehead atoms. The van der Waals surface area contributed by atoms with E-state index in [1.807, 2.05) is 0 Å². The Kier molecular flexibility index (Phi) is 5.05. The molecule has 1 aliphatic heterocycles. The van der Waals surface area contributed by atoms with E-state index in [9.17, 15) is 9.90 Å². The van der Waals surface area contributed by atoms with E-state index < -0.39 is 5.60 Å². The van der Waals surface area contributed by atoms with E-state index >= 15 is 0 Å². The first kappa shape index (κ1) is 18.0. The molecule has 4 atom stereocenters. The van der Waals surface area contributed by atoms with E-state index in [0.717, 1.165) is 44.2 Å². The number of carbonyl (C=O) groups excluding carboxylic acids is 1. The lowest BCUT2D eigenvalue weighted by molar-refractivity contribution is -0.129. The number of hydrogen-bond acceptors (Lipinski definition) is 4. The van der Waals surface area contributed by atoms with Crippen LogP contribution in [0.15, 0.2) is 4.99 Å². The molecular weight excluding hydrogens is 326 g/mol. The maximum atomic E-state index is 12.4.